The Kier molecular flexibility index (Phi) is 16.7. The SMILES string of the molecule is CCOC(=O)C(=[N+]=[N-])C(=O)Cc1ccc(F)cc1.CCOC(=O)C=[N+]=[N-].O=C(Cl)Cc1ccc(F)cc1. The third-order valence-electron chi connectivity index (χ3n) is 3.82. The minimum Gasteiger partial charge on any atom is -0.458 e. The van der Waals surface area contributed by atoms with E-state index >= 15 is 0 Å². The van der Waals surface area contributed by atoms with Gasteiger partial charge >= 0.3 is 23.9 Å². The topological polar surface area (TPSA) is 160 Å². The Morgan fingerprint density at radius 3 is 1.68 bits per heavy atom. The highest BCUT2D eigenvalue weighted by Gasteiger charge is 2.30. The molecule has 0 fully saturated rings. The van der Waals surface area contributed by atoms with Crippen LogP contribution in [0.2, 0.25) is 0 Å². The molecule has 2 aromatic rings. The van der Waals surface area contributed by atoms with E-state index in [4.69, 9.17) is 22.7 Å². The molecule has 0 bridgehead atoms. The average molecular weight is 537 g/mol. The Hall–Kier alpha value is -4.37. The van der Waals surface area contributed by atoms with Crippen LogP contribution in [0.25, 0.3) is 11.1 Å². The molecule has 2 aromatic carbocycles. The third kappa shape index (κ3) is 15.3. The quantitative estimate of drug-likeness (QED) is 0.119. The second kappa shape index (κ2) is 18.9. The van der Waals surface area contributed by atoms with Crippen LogP contribution < -0.4 is 0 Å². The van der Waals surface area contributed by atoms with E-state index in [1.54, 1.807) is 13.8 Å². The second-order valence-corrected chi connectivity index (χ2v) is 6.97. The summed E-state index contributed by atoms with van der Waals surface area (Å²) in [5.74, 6) is -3.03. The van der Waals surface area contributed by atoms with E-state index in [0.717, 1.165) is 5.56 Å². The van der Waals surface area contributed by atoms with E-state index in [2.05, 4.69) is 19.1 Å². The number of ether oxygens (including phenoxy) is 2. The lowest BCUT2D eigenvalue weighted by atomic mass is 10.1. The van der Waals surface area contributed by atoms with Gasteiger partial charge in [0.1, 0.15) is 11.6 Å². The second-order valence-electron chi connectivity index (χ2n) is 6.55. The number of carbonyl (C=O) groups excluding carboxylic acids is 4. The zero-order chi connectivity index (χ0) is 28.2. The zero-order valence-corrected chi connectivity index (χ0v) is 20.7. The third-order valence-corrected chi connectivity index (χ3v) is 3.95. The van der Waals surface area contributed by atoms with Gasteiger partial charge in [0.25, 0.3) is 5.78 Å². The van der Waals surface area contributed by atoms with Crippen LogP contribution in [0.5, 0.6) is 0 Å². The summed E-state index contributed by atoms with van der Waals surface area (Å²) in [4.78, 5) is 48.5. The number of benzene rings is 2. The maximum atomic E-state index is 12.7. The van der Waals surface area contributed by atoms with Crippen molar-refractivity contribution in [1.29, 1.82) is 0 Å². The van der Waals surface area contributed by atoms with Gasteiger partial charge in [-0.2, -0.15) is 9.58 Å². The van der Waals surface area contributed by atoms with Gasteiger partial charge in [-0.05, 0) is 60.8 Å². The highest BCUT2D eigenvalue weighted by Crippen LogP contribution is 2.05. The highest BCUT2D eigenvalue weighted by molar-refractivity contribution is 6.63. The number of carbonyl (C=O) groups is 4. The Balaban J connectivity index is 0.000000580. The number of hydrogen-bond acceptors (Lipinski definition) is 6. The fourth-order valence-electron chi connectivity index (χ4n) is 2.27. The van der Waals surface area contributed by atoms with Crippen LogP contribution in [0.15, 0.2) is 48.5 Å². The Bertz CT molecular complexity index is 1160. The number of halogens is 3. The number of rotatable bonds is 9. The number of ketones is 1. The normalized spacial score (nSPS) is 9.00. The standard InChI is InChI=1S/C12H11FN2O3.C8H6ClFO.C4H6N2O2/c1-2-18-12(17)11(15-14)10(16)7-8-3-5-9(13)6-4-8;9-8(11)5-6-1-3-7(10)4-2-6;1-2-8-4(7)3-6-5/h3-6H,2,7H2,1H3;1-4H,5H2;3H,2H2,1H3. The van der Waals surface area contributed by atoms with Gasteiger partial charge in [-0.15, -0.1) is 0 Å². The van der Waals surface area contributed by atoms with Crippen molar-refractivity contribution >= 4 is 46.5 Å². The Morgan fingerprint density at radius 2 is 1.30 bits per heavy atom. The molecule has 10 nitrogen and oxygen atoms in total. The van der Waals surface area contributed by atoms with Gasteiger partial charge in [0.05, 0.1) is 13.2 Å². The molecule has 0 spiro atoms. The summed E-state index contributed by atoms with van der Waals surface area (Å²) >= 11 is 5.12. The van der Waals surface area contributed by atoms with Crippen molar-refractivity contribution in [2.45, 2.75) is 26.7 Å². The van der Waals surface area contributed by atoms with E-state index < -0.39 is 34.5 Å². The van der Waals surface area contributed by atoms with Crippen LogP contribution in [0.1, 0.15) is 25.0 Å². The van der Waals surface area contributed by atoms with Gasteiger partial charge in [-0.1, -0.05) is 24.3 Å². The summed E-state index contributed by atoms with van der Waals surface area (Å²) in [7, 11) is 0. The van der Waals surface area contributed by atoms with Gasteiger partial charge in [0.2, 0.25) is 5.24 Å². The van der Waals surface area contributed by atoms with Gasteiger partial charge in [0, 0.05) is 12.8 Å². The first-order valence-corrected chi connectivity index (χ1v) is 10.9. The molecule has 0 saturated carbocycles. The molecule has 0 amide bonds. The van der Waals surface area contributed by atoms with E-state index in [1.165, 1.54) is 48.5 Å². The molecule has 0 heterocycles. The molecular formula is C24H23ClF2N4O6. The molecule has 0 aromatic heterocycles. The fourth-order valence-corrected chi connectivity index (χ4v) is 2.42. The maximum Gasteiger partial charge on any atom is 0.441 e. The molecule has 2 rings (SSSR count). The van der Waals surface area contributed by atoms with Crippen molar-refractivity contribution < 1.29 is 47.0 Å². The van der Waals surface area contributed by atoms with Crippen molar-refractivity contribution in [2.24, 2.45) is 0 Å². The first kappa shape index (κ1) is 32.6. The van der Waals surface area contributed by atoms with Crippen LogP contribution in [0.3, 0.4) is 0 Å². The lowest BCUT2D eigenvalue weighted by molar-refractivity contribution is -0.142. The number of esters is 2. The fraction of sp³-hybridized carbons (Fsp3) is 0.250. The molecule has 0 aliphatic heterocycles. The maximum absolute atomic E-state index is 12.7. The predicted octanol–water partition coefficient (Wildman–Crippen LogP) is 3.15. The first-order chi connectivity index (χ1) is 17.6. The van der Waals surface area contributed by atoms with E-state index in [1.807, 2.05) is 0 Å². The number of nitrogens with zero attached hydrogens (tertiary/aromatic N) is 4. The van der Waals surface area contributed by atoms with Gasteiger partial charge in [-0.25, -0.2) is 18.4 Å². The monoisotopic (exact) mass is 536 g/mol. The lowest BCUT2D eigenvalue weighted by Crippen LogP contribution is -2.28. The molecule has 0 atom stereocenters. The Morgan fingerprint density at radius 1 is 0.838 bits per heavy atom. The summed E-state index contributed by atoms with van der Waals surface area (Å²) in [6, 6.07) is 10.9. The van der Waals surface area contributed by atoms with Crippen LogP contribution in [-0.4, -0.2) is 57.7 Å². The van der Waals surface area contributed by atoms with Gasteiger partial charge in [-0.3, -0.25) is 9.59 Å². The average Bonchev–Trinajstić information content (AvgIpc) is 2.84. The largest absolute Gasteiger partial charge is 0.458 e. The molecule has 0 N–H and O–H groups in total. The van der Waals surface area contributed by atoms with Crippen molar-refractivity contribution in [3.63, 3.8) is 0 Å². The van der Waals surface area contributed by atoms with Crippen LogP contribution in [0, 0.1) is 11.6 Å². The summed E-state index contributed by atoms with van der Waals surface area (Å²) in [5.41, 5.74) is 16.9. The molecule has 0 radical (unpaired) electrons. The molecule has 0 aliphatic rings. The lowest BCUT2D eigenvalue weighted by Gasteiger charge is -1.98. The van der Waals surface area contributed by atoms with E-state index in [9.17, 15) is 28.0 Å². The molecule has 196 valence electrons. The summed E-state index contributed by atoms with van der Waals surface area (Å²) in [6.45, 7) is 3.60. The van der Waals surface area contributed by atoms with Gasteiger partial charge in [0.15, 0.2) is 0 Å². The number of Topliss-reactive ketones (excluding diaryl/α,β-unsaturated/α-hetero) is 1. The first-order valence-electron chi connectivity index (χ1n) is 10.5. The smallest absolute Gasteiger partial charge is 0.441 e. The van der Waals surface area contributed by atoms with Crippen molar-refractivity contribution in [3.05, 3.63) is 82.4 Å². The summed E-state index contributed by atoms with van der Waals surface area (Å²) < 4.78 is 33.9. The molecule has 0 unspecified atom stereocenters. The van der Waals surface area contributed by atoms with Crippen LogP contribution in [-0.2, 0) is 41.5 Å². The van der Waals surface area contributed by atoms with Crippen LogP contribution in [0.4, 0.5) is 8.78 Å². The molecule has 13 heteroatoms. The molecule has 0 aliphatic carbocycles. The van der Waals surface area contributed by atoms with E-state index in [0.29, 0.717) is 18.4 Å². The zero-order valence-electron chi connectivity index (χ0n) is 19.9. The molecular weight excluding hydrogens is 514 g/mol. The van der Waals surface area contributed by atoms with Crippen molar-refractivity contribution in [2.75, 3.05) is 13.2 Å². The van der Waals surface area contributed by atoms with Crippen molar-refractivity contribution in [3.8, 4) is 0 Å². The minimum atomic E-state index is -0.980. The Labute approximate surface area is 216 Å². The molecule has 0 saturated heterocycles. The summed E-state index contributed by atoms with van der Waals surface area (Å²) in [5, 5.41) is -0.434. The summed E-state index contributed by atoms with van der Waals surface area (Å²) in [6.07, 6.45) is 0.684. The van der Waals surface area contributed by atoms with Crippen molar-refractivity contribution in [1.82, 2.24) is 0 Å². The minimum absolute atomic E-state index is 0.0711. The van der Waals surface area contributed by atoms with E-state index in [-0.39, 0.29) is 25.3 Å². The number of hydrogen-bond donors (Lipinski definition) is 0. The van der Waals surface area contributed by atoms with Crippen LogP contribution >= 0.6 is 11.6 Å². The van der Waals surface area contributed by atoms with Gasteiger partial charge < -0.3 is 20.5 Å². The molecule has 37 heavy (non-hydrogen) atoms. The highest BCUT2D eigenvalue weighted by atomic mass is 35.5. The predicted molar refractivity (Wildman–Crippen MR) is 128 cm³/mol.